The van der Waals surface area contributed by atoms with Gasteiger partial charge in [0.25, 0.3) is 0 Å². The standard InChI is InChI=1S/C15H19Cl2N3O2/c16-11-5-4-10(13(17)7-11)9-19-15(22)20-6-2-1-3-12(20)8-14(18)21/h4-5,7,12H,1-3,6,8-9H2,(H2,18,21)(H,19,22). The Kier molecular flexibility index (Phi) is 5.91. The van der Waals surface area contributed by atoms with Crippen LogP contribution in [0.5, 0.6) is 0 Å². The number of nitrogens with two attached hydrogens (primary N) is 1. The molecule has 1 unspecified atom stereocenters. The van der Waals surface area contributed by atoms with E-state index in [-0.39, 0.29) is 24.4 Å². The van der Waals surface area contributed by atoms with Crippen molar-refractivity contribution in [3.63, 3.8) is 0 Å². The van der Waals surface area contributed by atoms with E-state index in [1.165, 1.54) is 0 Å². The van der Waals surface area contributed by atoms with Crippen LogP contribution >= 0.6 is 23.2 Å². The predicted molar refractivity (Wildman–Crippen MR) is 86.9 cm³/mol. The Balaban J connectivity index is 1.96. The molecule has 7 heteroatoms. The van der Waals surface area contributed by atoms with Crippen LogP contribution < -0.4 is 11.1 Å². The van der Waals surface area contributed by atoms with Crippen LogP contribution in [0.4, 0.5) is 4.79 Å². The fraction of sp³-hybridized carbons (Fsp3) is 0.467. The van der Waals surface area contributed by atoms with Crippen molar-refractivity contribution in [2.75, 3.05) is 6.54 Å². The second-order valence-electron chi connectivity index (χ2n) is 5.41. The van der Waals surface area contributed by atoms with Crippen molar-refractivity contribution in [1.29, 1.82) is 0 Å². The highest BCUT2D eigenvalue weighted by Gasteiger charge is 2.27. The van der Waals surface area contributed by atoms with Gasteiger partial charge in [0.1, 0.15) is 0 Å². The number of piperidine rings is 1. The first-order valence-corrected chi connectivity index (χ1v) is 7.99. The molecule has 0 bridgehead atoms. The lowest BCUT2D eigenvalue weighted by atomic mass is 9.99. The smallest absolute Gasteiger partial charge is 0.317 e. The number of nitrogens with zero attached hydrogens (tertiary/aromatic N) is 1. The summed E-state index contributed by atoms with van der Waals surface area (Å²) in [6.45, 7) is 0.951. The molecule has 1 fully saturated rings. The quantitative estimate of drug-likeness (QED) is 0.881. The maximum atomic E-state index is 12.3. The third kappa shape index (κ3) is 4.52. The van der Waals surface area contributed by atoms with Crippen LogP contribution in [0.2, 0.25) is 10.0 Å². The number of halogens is 2. The number of amides is 3. The highest BCUT2D eigenvalue weighted by atomic mass is 35.5. The summed E-state index contributed by atoms with van der Waals surface area (Å²) in [7, 11) is 0. The molecule has 120 valence electrons. The molecule has 1 saturated heterocycles. The number of urea groups is 1. The molecule has 1 aliphatic heterocycles. The second-order valence-corrected chi connectivity index (χ2v) is 6.25. The number of benzene rings is 1. The first kappa shape index (κ1) is 16.9. The Morgan fingerprint density at radius 3 is 2.77 bits per heavy atom. The van der Waals surface area contributed by atoms with Crippen molar-refractivity contribution in [2.45, 2.75) is 38.3 Å². The van der Waals surface area contributed by atoms with Gasteiger partial charge in [-0.3, -0.25) is 4.79 Å². The summed E-state index contributed by atoms with van der Waals surface area (Å²) in [5, 5.41) is 3.91. The summed E-state index contributed by atoms with van der Waals surface area (Å²) in [5.41, 5.74) is 6.05. The average Bonchev–Trinajstić information content (AvgIpc) is 2.46. The summed E-state index contributed by atoms with van der Waals surface area (Å²) in [5.74, 6) is -0.384. The van der Waals surface area contributed by atoms with Gasteiger partial charge < -0.3 is 16.0 Å². The molecular weight excluding hydrogens is 325 g/mol. The molecule has 0 spiro atoms. The fourth-order valence-corrected chi connectivity index (χ4v) is 3.13. The van der Waals surface area contributed by atoms with Crippen LogP contribution in [0.1, 0.15) is 31.2 Å². The number of hydrogen-bond acceptors (Lipinski definition) is 2. The molecule has 1 heterocycles. The largest absolute Gasteiger partial charge is 0.370 e. The van der Waals surface area contributed by atoms with E-state index in [2.05, 4.69) is 5.32 Å². The zero-order valence-electron chi connectivity index (χ0n) is 12.1. The topological polar surface area (TPSA) is 75.4 Å². The molecular formula is C15H19Cl2N3O2. The summed E-state index contributed by atoms with van der Waals surface area (Å²) < 4.78 is 0. The second kappa shape index (κ2) is 7.70. The zero-order valence-corrected chi connectivity index (χ0v) is 13.7. The molecule has 1 aromatic carbocycles. The molecule has 0 radical (unpaired) electrons. The number of likely N-dealkylation sites (tertiary alicyclic amines) is 1. The molecule has 3 amide bonds. The molecule has 0 aliphatic carbocycles. The van der Waals surface area contributed by atoms with Crippen LogP contribution in [0.25, 0.3) is 0 Å². The summed E-state index contributed by atoms with van der Waals surface area (Å²) in [4.78, 5) is 25.2. The Morgan fingerprint density at radius 1 is 1.32 bits per heavy atom. The van der Waals surface area contributed by atoms with Crippen molar-refractivity contribution < 1.29 is 9.59 Å². The van der Waals surface area contributed by atoms with Gasteiger partial charge >= 0.3 is 6.03 Å². The van der Waals surface area contributed by atoms with E-state index in [9.17, 15) is 9.59 Å². The minimum Gasteiger partial charge on any atom is -0.370 e. The van der Waals surface area contributed by atoms with Gasteiger partial charge in [-0.2, -0.15) is 0 Å². The van der Waals surface area contributed by atoms with Crippen LogP contribution in [-0.2, 0) is 11.3 Å². The average molecular weight is 344 g/mol. The first-order valence-electron chi connectivity index (χ1n) is 7.24. The lowest BCUT2D eigenvalue weighted by Gasteiger charge is -2.35. The lowest BCUT2D eigenvalue weighted by molar-refractivity contribution is -0.119. The molecule has 22 heavy (non-hydrogen) atoms. The Bertz CT molecular complexity index is 566. The maximum absolute atomic E-state index is 12.3. The van der Waals surface area contributed by atoms with Crippen LogP contribution in [0.3, 0.4) is 0 Å². The number of rotatable bonds is 4. The van der Waals surface area contributed by atoms with Gasteiger partial charge in [0, 0.05) is 35.6 Å². The van der Waals surface area contributed by atoms with Gasteiger partial charge in [0.15, 0.2) is 0 Å². The Morgan fingerprint density at radius 2 is 2.09 bits per heavy atom. The fourth-order valence-electron chi connectivity index (χ4n) is 2.65. The minimum absolute atomic E-state index is 0.119. The predicted octanol–water partition coefficient (Wildman–Crippen LogP) is 2.93. The number of nitrogens with one attached hydrogen (secondary N) is 1. The molecule has 5 nitrogen and oxygen atoms in total. The van der Waals surface area contributed by atoms with Gasteiger partial charge in [-0.25, -0.2) is 4.79 Å². The number of hydrogen-bond donors (Lipinski definition) is 2. The van der Waals surface area contributed by atoms with E-state index < -0.39 is 0 Å². The SMILES string of the molecule is NC(=O)CC1CCCCN1C(=O)NCc1ccc(Cl)cc1Cl. The van der Waals surface area contributed by atoms with E-state index in [4.69, 9.17) is 28.9 Å². The van der Waals surface area contributed by atoms with Crippen LogP contribution in [0.15, 0.2) is 18.2 Å². The molecule has 0 saturated carbocycles. The highest BCUT2D eigenvalue weighted by molar-refractivity contribution is 6.35. The Labute approximate surface area is 139 Å². The van der Waals surface area contributed by atoms with Crippen LogP contribution in [-0.4, -0.2) is 29.4 Å². The lowest BCUT2D eigenvalue weighted by Crippen LogP contribution is -2.49. The molecule has 3 N–H and O–H groups in total. The van der Waals surface area contributed by atoms with Crippen molar-refractivity contribution in [2.24, 2.45) is 5.73 Å². The number of carbonyl (C=O) groups is 2. The van der Waals surface area contributed by atoms with Gasteiger partial charge in [0.05, 0.1) is 0 Å². The van der Waals surface area contributed by atoms with E-state index in [1.807, 2.05) is 0 Å². The van der Waals surface area contributed by atoms with E-state index in [0.29, 0.717) is 23.1 Å². The number of primary amides is 1. The number of carbonyl (C=O) groups excluding carboxylic acids is 2. The first-order chi connectivity index (χ1) is 10.5. The Hall–Kier alpha value is -1.46. The van der Waals surface area contributed by atoms with E-state index in [0.717, 1.165) is 24.8 Å². The molecule has 0 aromatic heterocycles. The van der Waals surface area contributed by atoms with E-state index in [1.54, 1.807) is 23.1 Å². The highest BCUT2D eigenvalue weighted by Crippen LogP contribution is 2.22. The normalized spacial score (nSPS) is 18.1. The zero-order chi connectivity index (χ0) is 16.1. The van der Waals surface area contributed by atoms with Gasteiger partial charge in [-0.05, 0) is 37.0 Å². The summed E-state index contributed by atoms with van der Waals surface area (Å²) in [6, 6.07) is 4.83. The van der Waals surface area contributed by atoms with Gasteiger partial charge in [-0.15, -0.1) is 0 Å². The van der Waals surface area contributed by atoms with E-state index >= 15 is 0 Å². The van der Waals surface area contributed by atoms with Crippen molar-refractivity contribution >= 4 is 35.1 Å². The maximum Gasteiger partial charge on any atom is 0.317 e. The van der Waals surface area contributed by atoms with Crippen molar-refractivity contribution in [3.05, 3.63) is 33.8 Å². The van der Waals surface area contributed by atoms with Gasteiger partial charge in [-0.1, -0.05) is 29.3 Å². The van der Waals surface area contributed by atoms with Crippen LogP contribution in [0, 0.1) is 0 Å². The van der Waals surface area contributed by atoms with Crippen molar-refractivity contribution in [3.8, 4) is 0 Å². The molecule has 1 atom stereocenters. The molecule has 1 aliphatic rings. The van der Waals surface area contributed by atoms with Gasteiger partial charge in [0.2, 0.25) is 5.91 Å². The van der Waals surface area contributed by atoms with Crippen molar-refractivity contribution in [1.82, 2.24) is 10.2 Å². The monoisotopic (exact) mass is 343 g/mol. The summed E-state index contributed by atoms with van der Waals surface area (Å²) in [6.07, 6.45) is 2.95. The minimum atomic E-state index is -0.384. The third-order valence-corrected chi connectivity index (χ3v) is 4.36. The summed E-state index contributed by atoms with van der Waals surface area (Å²) >= 11 is 11.9. The third-order valence-electron chi connectivity index (χ3n) is 3.77. The molecule has 2 rings (SSSR count). The molecule has 1 aromatic rings.